The van der Waals surface area contributed by atoms with Gasteiger partial charge in [0.1, 0.15) is 21.5 Å². The van der Waals surface area contributed by atoms with Crippen molar-refractivity contribution in [3.05, 3.63) is 61.2 Å². The monoisotopic (exact) mass is 564 g/mol. The van der Waals surface area contributed by atoms with Crippen molar-refractivity contribution in [3.8, 4) is 32.6 Å². The van der Waals surface area contributed by atoms with E-state index in [1.54, 1.807) is 11.3 Å². The summed E-state index contributed by atoms with van der Waals surface area (Å²) in [6, 6.07) is 16.2. The van der Waals surface area contributed by atoms with Crippen molar-refractivity contribution >= 4 is 17.3 Å². The third kappa shape index (κ3) is 11.5. The third-order valence-corrected chi connectivity index (χ3v) is 7.85. The highest BCUT2D eigenvalue weighted by Gasteiger charge is 2.10. The number of nitrogens with zero attached hydrogens (tertiary/aromatic N) is 2. The summed E-state index contributed by atoms with van der Waals surface area (Å²) in [6.45, 7) is 9.74. The maximum Gasteiger partial charge on any atom is 0.330 e. The fourth-order valence-corrected chi connectivity index (χ4v) is 4.92. The van der Waals surface area contributed by atoms with E-state index < -0.39 is 0 Å². The van der Waals surface area contributed by atoms with E-state index in [1.807, 2.05) is 36.4 Å². The molecule has 1 heterocycles. The molecule has 216 valence electrons. The summed E-state index contributed by atoms with van der Waals surface area (Å²) >= 11 is 1.59. The lowest BCUT2D eigenvalue weighted by atomic mass is 10.1. The van der Waals surface area contributed by atoms with Crippen LogP contribution in [-0.2, 0) is 9.53 Å². The van der Waals surface area contributed by atoms with Crippen LogP contribution in [0.2, 0.25) is 0 Å². The van der Waals surface area contributed by atoms with Gasteiger partial charge in [-0.1, -0.05) is 83.1 Å². The van der Waals surface area contributed by atoms with E-state index in [-0.39, 0.29) is 5.97 Å². The van der Waals surface area contributed by atoms with Crippen LogP contribution in [0.4, 0.5) is 0 Å². The summed E-state index contributed by atoms with van der Waals surface area (Å²) < 4.78 is 16.8. The number of unbranched alkanes of at least 4 members (excludes halogenated alkanes) is 8. The zero-order valence-corrected chi connectivity index (χ0v) is 24.9. The Bertz CT molecular complexity index is 1130. The number of hydrogen-bond donors (Lipinski definition) is 0. The first-order valence-electron chi connectivity index (χ1n) is 14.7. The topological polar surface area (TPSA) is 70.5 Å². The number of ether oxygens (including phenoxy) is 3. The quantitative estimate of drug-likeness (QED) is 0.0775. The molecule has 40 heavy (non-hydrogen) atoms. The first-order valence-corrected chi connectivity index (χ1v) is 15.5. The van der Waals surface area contributed by atoms with E-state index in [4.69, 9.17) is 14.2 Å². The Morgan fingerprint density at radius 1 is 0.775 bits per heavy atom. The molecular weight excluding hydrogens is 520 g/mol. The number of esters is 1. The molecule has 0 spiro atoms. The molecule has 0 aliphatic rings. The maximum absolute atomic E-state index is 11.0. The minimum Gasteiger partial charge on any atom is -0.494 e. The smallest absolute Gasteiger partial charge is 0.330 e. The van der Waals surface area contributed by atoms with Gasteiger partial charge in [0.05, 0.1) is 19.8 Å². The molecule has 0 saturated carbocycles. The highest BCUT2D eigenvalue weighted by molar-refractivity contribution is 7.17. The predicted molar refractivity (Wildman–Crippen MR) is 164 cm³/mol. The van der Waals surface area contributed by atoms with Gasteiger partial charge in [-0.05, 0) is 67.3 Å². The minimum absolute atomic E-state index is 0.329. The molecule has 1 unspecified atom stereocenters. The molecule has 3 aromatic rings. The molecule has 1 atom stereocenters. The van der Waals surface area contributed by atoms with Crippen molar-refractivity contribution < 1.29 is 19.0 Å². The Morgan fingerprint density at radius 2 is 1.25 bits per heavy atom. The Hall–Kier alpha value is -3.19. The zero-order chi connectivity index (χ0) is 28.4. The van der Waals surface area contributed by atoms with Crippen molar-refractivity contribution in [1.82, 2.24) is 10.2 Å². The summed E-state index contributed by atoms with van der Waals surface area (Å²) in [4.78, 5) is 11.0. The molecule has 0 saturated heterocycles. The van der Waals surface area contributed by atoms with E-state index in [1.165, 1.54) is 44.6 Å². The zero-order valence-electron chi connectivity index (χ0n) is 24.1. The van der Waals surface area contributed by atoms with Crippen LogP contribution in [0.3, 0.4) is 0 Å². The van der Waals surface area contributed by atoms with E-state index in [2.05, 4.69) is 42.8 Å². The lowest BCUT2D eigenvalue weighted by molar-refractivity contribution is -0.137. The Morgan fingerprint density at radius 3 is 1.75 bits per heavy atom. The second kappa shape index (κ2) is 18.2. The van der Waals surface area contributed by atoms with Crippen molar-refractivity contribution in [2.24, 2.45) is 5.92 Å². The van der Waals surface area contributed by atoms with Crippen LogP contribution in [0.15, 0.2) is 61.2 Å². The summed E-state index contributed by atoms with van der Waals surface area (Å²) in [5.74, 6) is 2.00. The Balaban J connectivity index is 1.28. The average molecular weight is 565 g/mol. The molecule has 0 fully saturated rings. The number of benzene rings is 2. The second-order valence-electron chi connectivity index (χ2n) is 10.2. The van der Waals surface area contributed by atoms with Gasteiger partial charge in [0.2, 0.25) is 0 Å². The SMILES string of the molecule is C=CC(=O)OCCCCCCCCCCCOc1ccc(-c2nnc(-c3ccc(OCC(C)CC)cc3)s2)cc1. The number of rotatable bonds is 20. The summed E-state index contributed by atoms with van der Waals surface area (Å²) in [5, 5.41) is 10.6. The number of carbonyl (C=O) groups excluding carboxylic acids is 1. The number of carbonyl (C=O) groups is 1. The first kappa shape index (κ1) is 31.3. The summed E-state index contributed by atoms with van der Waals surface area (Å²) in [5.41, 5.74) is 2.09. The predicted octanol–water partition coefficient (Wildman–Crippen LogP) is 8.92. The molecular formula is C33H44N2O4S. The van der Waals surface area contributed by atoms with E-state index in [9.17, 15) is 4.79 Å². The van der Waals surface area contributed by atoms with Crippen molar-refractivity contribution in [2.75, 3.05) is 19.8 Å². The molecule has 6 nitrogen and oxygen atoms in total. The minimum atomic E-state index is -0.329. The molecule has 0 N–H and O–H groups in total. The molecule has 7 heteroatoms. The van der Waals surface area contributed by atoms with Crippen molar-refractivity contribution in [3.63, 3.8) is 0 Å². The van der Waals surface area contributed by atoms with Crippen LogP contribution in [0, 0.1) is 5.92 Å². The van der Waals surface area contributed by atoms with E-state index in [0.717, 1.165) is 71.5 Å². The van der Waals surface area contributed by atoms with Crippen LogP contribution in [0.5, 0.6) is 11.5 Å². The van der Waals surface area contributed by atoms with Gasteiger partial charge in [0.25, 0.3) is 0 Å². The molecule has 0 bridgehead atoms. The molecule has 3 rings (SSSR count). The molecule has 0 radical (unpaired) electrons. The van der Waals surface area contributed by atoms with E-state index in [0.29, 0.717) is 12.5 Å². The number of hydrogen-bond acceptors (Lipinski definition) is 7. The van der Waals surface area contributed by atoms with Crippen LogP contribution in [0.1, 0.15) is 78.1 Å². The van der Waals surface area contributed by atoms with Gasteiger partial charge in [0.15, 0.2) is 0 Å². The van der Waals surface area contributed by atoms with Crippen LogP contribution >= 0.6 is 11.3 Å². The van der Waals surface area contributed by atoms with Crippen molar-refractivity contribution in [1.29, 1.82) is 0 Å². The Kier molecular flexibility index (Phi) is 14.3. The fraction of sp³-hybridized carbons (Fsp3) is 0.485. The Labute approximate surface area is 243 Å². The normalized spacial score (nSPS) is 11.7. The van der Waals surface area contributed by atoms with Crippen molar-refractivity contribution in [2.45, 2.75) is 78.1 Å². The van der Waals surface area contributed by atoms with Crippen LogP contribution in [0.25, 0.3) is 21.1 Å². The largest absolute Gasteiger partial charge is 0.494 e. The first-order chi connectivity index (χ1) is 19.6. The summed E-state index contributed by atoms with van der Waals surface area (Å²) in [7, 11) is 0. The maximum atomic E-state index is 11.0. The van der Waals surface area contributed by atoms with Gasteiger partial charge in [0, 0.05) is 17.2 Å². The molecule has 1 aromatic heterocycles. The van der Waals surface area contributed by atoms with Gasteiger partial charge in [-0.3, -0.25) is 0 Å². The molecule has 0 aliphatic heterocycles. The van der Waals surface area contributed by atoms with Gasteiger partial charge >= 0.3 is 5.97 Å². The molecule has 2 aromatic carbocycles. The molecule has 0 amide bonds. The lowest BCUT2D eigenvalue weighted by Gasteiger charge is -2.10. The highest BCUT2D eigenvalue weighted by atomic mass is 32.1. The van der Waals surface area contributed by atoms with Crippen LogP contribution < -0.4 is 9.47 Å². The van der Waals surface area contributed by atoms with Gasteiger partial charge in [-0.2, -0.15) is 0 Å². The fourth-order valence-electron chi connectivity index (χ4n) is 4.06. The standard InChI is InChI=1S/C33H44N2O4S/c1-4-26(3)25-39-30-21-17-28(18-22-30)33-35-34-32(40-33)27-15-19-29(20-16-27)37-23-13-11-9-7-6-8-10-12-14-24-38-31(36)5-2/h5,15-22,26H,2,4,6-14,23-25H2,1,3H3. The highest BCUT2D eigenvalue weighted by Crippen LogP contribution is 2.31. The van der Waals surface area contributed by atoms with E-state index >= 15 is 0 Å². The average Bonchev–Trinajstić information content (AvgIpc) is 3.49. The molecule has 0 aliphatic carbocycles. The second-order valence-corrected chi connectivity index (χ2v) is 11.2. The van der Waals surface area contributed by atoms with Gasteiger partial charge in [-0.25, -0.2) is 4.79 Å². The van der Waals surface area contributed by atoms with Crippen LogP contribution in [-0.4, -0.2) is 36.0 Å². The summed E-state index contributed by atoms with van der Waals surface area (Å²) in [6.07, 6.45) is 12.8. The van der Waals surface area contributed by atoms with Gasteiger partial charge in [-0.15, -0.1) is 10.2 Å². The third-order valence-electron chi connectivity index (χ3n) is 6.83. The van der Waals surface area contributed by atoms with Gasteiger partial charge < -0.3 is 14.2 Å². The lowest BCUT2D eigenvalue weighted by Crippen LogP contribution is -2.06. The number of aromatic nitrogens is 2.